The number of hydrogen-bond donors (Lipinski definition) is 3. The molecule has 1 aromatic rings. The summed E-state index contributed by atoms with van der Waals surface area (Å²) in [5.74, 6) is 0.622. The molecule has 1 aromatic carbocycles. The number of aromatic hydroxyl groups is 1. The smallest absolute Gasteiger partial charge is 0.115 e. The van der Waals surface area contributed by atoms with Crippen LogP contribution in [-0.2, 0) is 6.42 Å². The highest BCUT2D eigenvalue weighted by atomic mass is 16.3. The number of benzene rings is 1. The minimum absolute atomic E-state index is 0.278. The Kier molecular flexibility index (Phi) is 4.25. The average molecular weight is 249 g/mol. The van der Waals surface area contributed by atoms with Crippen molar-refractivity contribution in [3.8, 4) is 5.75 Å². The van der Waals surface area contributed by atoms with Gasteiger partial charge in [0.15, 0.2) is 0 Å². The zero-order valence-corrected chi connectivity index (χ0v) is 11.2. The van der Waals surface area contributed by atoms with E-state index in [1.165, 1.54) is 11.1 Å². The summed E-state index contributed by atoms with van der Waals surface area (Å²) in [5.41, 5.74) is 2.51. The van der Waals surface area contributed by atoms with Crippen molar-refractivity contribution in [2.24, 2.45) is 5.92 Å². The summed E-state index contributed by atoms with van der Waals surface area (Å²) in [5, 5.41) is 22.8. The fraction of sp³-hybridized carbons (Fsp3) is 0.600. The maximum absolute atomic E-state index is 9.85. The summed E-state index contributed by atoms with van der Waals surface area (Å²) >= 11 is 0. The van der Waals surface area contributed by atoms with E-state index in [0.29, 0.717) is 18.3 Å². The summed E-state index contributed by atoms with van der Waals surface area (Å²) in [7, 11) is 0. The van der Waals surface area contributed by atoms with Gasteiger partial charge in [-0.2, -0.15) is 0 Å². The number of phenolic OH excluding ortho intramolecular Hbond substituents is 1. The van der Waals surface area contributed by atoms with E-state index in [2.05, 4.69) is 5.32 Å². The van der Waals surface area contributed by atoms with Crippen LogP contribution in [0.5, 0.6) is 5.75 Å². The van der Waals surface area contributed by atoms with Gasteiger partial charge in [-0.05, 0) is 48.4 Å². The molecule has 1 aliphatic rings. The molecule has 18 heavy (non-hydrogen) atoms. The lowest BCUT2D eigenvalue weighted by atomic mass is 9.87. The zero-order valence-electron chi connectivity index (χ0n) is 11.2. The van der Waals surface area contributed by atoms with Crippen LogP contribution in [0.1, 0.15) is 43.9 Å². The van der Waals surface area contributed by atoms with E-state index in [9.17, 15) is 10.2 Å². The molecule has 0 saturated heterocycles. The van der Waals surface area contributed by atoms with Gasteiger partial charge >= 0.3 is 0 Å². The second kappa shape index (κ2) is 5.72. The maximum atomic E-state index is 9.85. The van der Waals surface area contributed by atoms with Crippen molar-refractivity contribution in [3.05, 3.63) is 29.3 Å². The standard InChI is InChI=1S/C15H23NO2/c1-10(2)15(18)9-16-14-5-3-4-11-8-12(17)6-7-13(11)14/h6-8,10,14-18H,3-5,9H2,1-2H3. The van der Waals surface area contributed by atoms with Crippen LogP contribution in [0.3, 0.4) is 0 Å². The highest BCUT2D eigenvalue weighted by Gasteiger charge is 2.21. The van der Waals surface area contributed by atoms with Crippen molar-refractivity contribution in [1.82, 2.24) is 5.32 Å². The molecule has 2 unspecified atom stereocenters. The lowest BCUT2D eigenvalue weighted by Crippen LogP contribution is -2.34. The molecular formula is C15H23NO2. The van der Waals surface area contributed by atoms with Crippen LogP contribution in [0.15, 0.2) is 18.2 Å². The van der Waals surface area contributed by atoms with Crippen LogP contribution in [0.2, 0.25) is 0 Å². The number of fused-ring (bicyclic) bond motifs is 1. The first kappa shape index (κ1) is 13.4. The van der Waals surface area contributed by atoms with E-state index in [-0.39, 0.29) is 12.0 Å². The van der Waals surface area contributed by atoms with Crippen LogP contribution < -0.4 is 5.32 Å². The number of aryl methyl sites for hydroxylation is 1. The minimum atomic E-state index is -0.299. The van der Waals surface area contributed by atoms with Crippen LogP contribution in [-0.4, -0.2) is 22.9 Å². The molecule has 3 nitrogen and oxygen atoms in total. The number of hydrogen-bond acceptors (Lipinski definition) is 3. The Morgan fingerprint density at radius 1 is 1.39 bits per heavy atom. The Morgan fingerprint density at radius 3 is 2.89 bits per heavy atom. The van der Waals surface area contributed by atoms with E-state index >= 15 is 0 Å². The highest BCUT2D eigenvalue weighted by molar-refractivity contribution is 5.38. The summed E-state index contributed by atoms with van der Waals surface area (Å²) in [6, 6.07) is 5.92. The molecule has 2 atom stereocenters. The molecule has 0 radical (unpaired) electrons. The topological polar surface area (TPSA) is 52.5 Å². The fourth-order valence-electron chi connectivity index (χ4n) is 2.51. The number of rotatable bonds is 4. The molecule has 1 aliphatic carbocycles. The van der Waals surface area contributed by atoms with Gasteiger partial charge < -0.3 is 15.5 Å². The Hall–Kier alpha value is -1.06. The average Bonchev–Trinajstić information content (AvgIpc) is 2.35. The van der Waals surface area contributed by atoms with E-state index in [4.69, 9.17) is 0 Å². The first-order valence-electron chi connectivity index (χ1n) is 6.81. The van der Waals surface area contributed by atoms with Gasteiger partial charge in [0, 0.05) is 12.6 Å². The number of phenols is 1. The van der Waals surface area contributed by atoms with Crippen molar-refractivity contribution in [2.45, 2.75) is 45.3 Å². The van der Waals surface area contributed by atoms with Gasteiger partial charge in [0.2, 0.25) is 0 Å². The summed E-state index contributed by atoms with van der Waals surface area (Å²) in [6.07, 6.45) is 2.97. The second-order valence-corrected chi connectivity index (χ2v) is 5.55. The summed E-state index contributed by atoms with van der Waals surface area (Å²) in [6.45, 7) is 4.68. The molecule has 3 N–H and O–H groups in total. The van der Waals surface area contributed by atoms with E-state index in [1.54, 1.807) is 6.07 Å². The van der Waals surface area contributed by atoms with Gasteiger partial charge in [0.25, 0.3) is 0 Å². The third kappa shape index (κ3) is 3.03. The van der Waals surface area contributed by atoms with Crippen molar-refractivity contribution in [2.75, 3.05) is 6.54 Å². The molecule has 0 saturated carbocycles. The molecular weight excluding hydrogens is 226 g/mol. The van der Waals surface area contributed by atoms with Crippen molar-refractivity contribution >= 4 is 0 Å². The second-order valence-electron chi connectivity index (χ2n) is 5.55. The van der Waals surface area contributed by atoms with E-state index < -0.39 is 0 Å². The largest absolute Gasteiger partial charge is 0.508 e. The van der Waals surface area contributed by atoms with Gasteiger partial charge in [0.05, 0.1) is 6.10 Å². The van der Waals surface area contributed by atoms with Gasteiger partial charge in [-0.25, -0.2) is 0 Å². The first-order valence-corrected chi connectivity index (χ1v) is 6.81. The highest BCUT2D eigenvalue weighted by Crippen LogP contribution is 2.31. The normalized spacial score (nSPS) is 20.8. The molecule has 0 amide bonds. The molecule has 0 spiro atoms. The zero-order chi connectivity index (χ0) is 13.1. The summed E-state index contributed by atoms with van der Waals surface area (Å²) in [4.78, 5) is 0. The molecule has 0 bridgehead atoms. The van der Waals surface area contributed by atoms with Gasteiger partial charge in [0.1, 0.15) is 5.75 Å². The van der Waals surface area contributed by atoms with Gasteiger partial charge in [-0.1, -0.05) is 19.9 Å². The van der Waals surface area contributed by atoms with Crippen LogP contribution in [0, 0.1) is 5.92 Å². The Morgan fingerprint density at radius 2 is 2.17 bits per heavy atom. The van der Waals surface area contributed by atoms with Gasteiger partial charge in [-0.3, -0.25) is 0 Å². The molecule has 100 valence electrons. The van der Waals surface area contributed by atoms with Crippen LogP contribution in [0.25, 0.3) is 0 Å². The number of aliphatic hydroxyl groups is 1. The maximum Gasteiger partial charge on any atom is 0.115 e. The third-order valence-corrected chi connectivity index (χ3v) is 3.78. The lowest BCUT2D eigenvalue weighted by molar-refractivity contribution is 0.119. The molecule has 3 heteroatoms. The SMILES string of the molecule is CC(C)C(O)CNC1CCCc2cc(O)ccc21. The number of aliphatic hydroxyl groups excluding tert-OH is 1. The Bertz CT molecular complexity index is 403. The van der Waals surface area contributed by atoms with Crippen molar-refractivity contribution < 1.29 is 10.2 Å². The third-order valence-electron chi connectivity index (χ3n) is 3.78. The predicted molar refractivity (Wildman–Crippen MR) is 72.6 cm³/mol. The van der Waals surface area contributed by atoms with E-state index in [1.807, 2.05) is 26.0 Å². The monoisotopic (exact) mass is 249 g/mol. The predicted octanol–water partition coefficient (Wildman–Crippen LogP) is 2.38. The minimum Gasteiger partial charge on any atom is -0.508 e. The van der Waals surface area contributed by atoms with Gasteiger partial charge in [-0.15, -0.1) is 0 Å². The lowest BCUT2D eigenvalue weighted by Gasteiger charge is -2.28. The molecule has 0 aliphatic heterocycles. The number of nitrogens with one attached hydrogen (secondary N) is 1. The van der Waals surface area contributed by atoms with E-state index in [0.717, 1.165) is 19.3 Å². The van der Waals surface area contributed by atoms with Crippen LogP contribution >= 0.6 is 0 Å². The van der Waals surface area contributed by atoms with Crippen molar-refractivity contribution in [3.63, 3.8) is 0 Å². The van der Waals surface area contributed by atoms with Crippen LogP contribution in [0.4, 0.5) is 0 Å². The Balaban J connectivity index is 2.04. The fourth-order valence-corrected chi connectivity index (χ4v) is 2.51. The molecule has 0 aromatic heterocycles. The Labute approximate surface area is 109 Å². The summed E-state index contributed by atoms with van der Waals surface area (Å²) < 4.78 is 0. The van der Waals surface area contributed by atoms with Crippen molar-refractivity contribution in [1.29, 1.82) is 0 Å². The quantitative estimate of drug-likeness (QED) is 0.768. The molecule has 0 heterocycles. The first-order chi connectivity index (χ1) is 8.58. The molecule has 0 fully saturated rings. The molecule has 2 rings (SSSR count).